The maximum absolute atomic E-state index is 12.9. The number of benzene rings is 2. The molecule has 30 heavy (non-hydrogen) atoms. The van der Waals surface area contributed by atoms with E-state index in [1.165, 1.54) is 50.5 Å². The van der Waals surface area contributed by atoms with Gasteiger partial charge in [-0.05, 0) is 30.3 Å². The van der Waals surface area contributed by atoms with E-state index in [4.69, 9.17) is 4.74 Å². The van der Waals surface area contributed by atoms with E-state index < -0.39 is 20.9 Å². The SMILES string of the molecule is CN(C)S(=O)(=O)c1ccc(NC(=O)c2cc([N+](=O)[O-])ccc2N2CCOCC2)cc1. The number of nitrogens with one attached hydrogen (secondary N) is 1. The second kappa shape index (κ2) is 8.78. The highest BCUT2D eigenvalue weighted by molar-refractivity contribution is 7.89. The smallest absolute Gasteiger partial charge is 0.270 e. The summed E-state index contributed by atoms with van der Waals surface area (Å²) in [5.41, 5.74) is 0.922. The predicted octanol–water partition coefficient (Wildman–Crippen LogP) is 1.93. The Balaban J connectivity index is 1.88. The molecule has 2 aromatic rings. The first-order chi connectivity index (χ1) is 14.2. The van der Waals surface area contributed by atoms with E-state index in [1.54, 1.807) is 6.07 Å². The molecule has 0 unspecified atom stereocenters. The molecule has 3 rings (SSSR count). The lowest BCUT2D eigenvalue weighted by Gasteiger charge is -2.30. The lowest BCUT2D eigenvalue weighted by Crippen LogP contribution is -2.37. The van der Waals surface area contributed by atoms with Crippen molar-refractivity contribution in [1.29, 1.82) is 0 Å². The van der Waals surface area contributed by atoms with Gasteiger partial charge in [-0.3, -0.25) is 14.9 Å². The molecule has 1 heterocycles. The van der Waals surface area contributed by atoms with Crippen molar-refractivity contribution >= 4 is 33.0 Å². The predicted molar refractivity (Wildman–Crippen MR) is 111 cm³/mol. The van der Waals surface area contributed by atoms with Gasteiger partial charge in [0.25, 0.3) is 11.6 Å². The number of nitrogens with zero attached hydrogens (tertiary/aromatic N) is 3. The number of nitro benzene ring substituents is 1. The number of hydrogen-bond acceptors (Lipinski definition) is 7. The van der Waals surface area contributed by atoms with Crippen molar-refractivity contribution in [1.82, 2.24) is 4.31 Å². The summed E-state index contributed by atoms with van der Waals surface area (Å²) in [5.74, 6) is -0.525. The minimum Gasteiger partial charge on any atom is -0.378 e. The fourth-order valence-corrected chi connectivity index (χ4v) is 3.92. The minimum atomic E-state index is -3.58. The number of carbonyl (C=O) groups excluding carboxylic acids is 1. The van der Waals surface area contributed by atoms with Crippen LogP contribution in [-0.4, -0.2) is 64.0 Å². The normalized spacial score (nSPS) is 14.6. The Morgan fingerprint density at radius 1 is 1.13 bits per heavy atom. The molecule has 0 aromatic heterocycles. The molecule has 1 saturated heterocycles. The van der Waals surface area contributed by atoms with Gasteiger partial charge in [-0.15, -0.1) is 0 Å². The van der Waals surface area contributed by atoms with Crippen LogP contribution in [0, 0.1) is 10.1 Å². The van der Waals surface area contributed by atoms with Crippen LogP contribution in [0.1, 0.15) is 10.4 Å². The Kier molecular flexibility index (Phi) is 6.34. The second-order valence-corrected chi connectivity index (χ2v) is 8.98. The fraction of sp³-hybridized carbons (Fsp3) is 0.316. The van der Waals surface area contributed by atoms with Crippen LogP contribution in [0.2, 0.25) is 0 Å². The topological polar surface area (TPSA) is 122 Å². The summed E-state index contributed by atoms with van der Waals surface area (Å²) in [6, 6.07) is 9.89. The third-order valence-corrected chi connectivity index (χ3v) is 6.51. The van der Waals surface area contributed by atoms with Gasteiger partial charge in [-0.1, -0.05) is 0 Å². The van der Waals surface area contributed by atoms with Crippen LogP contribution in [0.4, 0.5) is 17.1 Å². The molecule has 10 nitrogen and oxygen atoms in total. The molecule has 0 spiro atoms. The van der Waals surface area contributed by atoms with E-state index >= 15 is 0 Å². The fourth-order valence-electron chi connectivity index (χ4n) is 3.02. The molecule has 2 aromatic carbocycles. The first-order valence-corrected chi connectivity index (χ1v) is 10.6. The molecular weight excluding hydrogens is 412 g/mol. The number of anilines is 2. The van der Waals surface area contributed by atoms with Gasteiger partial charge < -0.3 is 15.0 Å². The van der Waals surface area contributed by atoms with E-state index in [0.29, 0.717) is 37.7 Å². The van der Waals surface area contributed by atoms with E-state index in [9.17, 15) is 23.3 Å². The van der Waals surface area contributed by atoms with Crippen molar-refractivity contribution in [3.63, 3.8) is 0 Å². The third kappa shape index (κ3) is 4.58. The van der Waals surface area contributed by atoms with E-state index in [2.05, 4.69) is 5.32 Å². The first kappa shape index (κ1) is 21.7. The summed E-state index contributed by atoms with van der Waals surface area (Å²) in [6.45, 7) is 2.13. The molecule has 160 valence electrons. The summed E-state index contributed by atoms with van der Waals surface area (Å²) in [4.78, 5) is 25.6. The molecule has 1 amide bonds. The van der Waals surface area contributed by atoms with Crippen LogP contribution in [0.3, 0.4) is 0 Å². The Bertz CT molecular complexity index is 1050. The van der Waals surface area contributed by atoms with Crippen LogP contribution >= 0.6 is 0 Å². The molecule has 1 fully saturated rings. The zero-order chi connectivity index (χ0) is 21.9. The van der Waals surface area contributed by atoms with Crippen molar-refractivity contribution < 1.29 is 22.9 Å². The molecule has 11 heteroatoms. The zero-order valence-corrected chi connectivity index (χ0v) is 17.4. The van der Waals surface area contributed by atoms with E-state index in [-0.39, 0.29) is 16.1 Å². The van der Waals surface area contributed by atoms with Gasteiger partial charge in [0, 0.05) is 45.0 Å². The highest BCUT2D eigenvalue weighted by Gasteiger charge is 2.23. The number of carbonyl (C=O) groups is 1. The van der Waals surface area contributed by atoms with Gasteiger partial charge in [0.1, 0.15) is 0 Å². The number of non-ortho nitro benzene ring substituents is 1. The monoisotopic (exact) mass is 434 g/mol. The highest BCUT2D eigenvalue weighted by Crippen LogP contribution is 2.27. The van der Waals surface area contributed by atoms with Gasteiger partial charge in [0.2, 0.25) is 10.0 Å². The van der Waals surface area contributed by atoms with E-state index in [1.807, 2.05) is 4.90 Å². The number of amides is 1. The minimum absolute atomic E-state index is 0.0925. The summed E-state index contributed by atoms with van der Waals surface area (Å²) in [5, 5.41) is 13.9. The van der Waals surface area contributed by atoms with Crippen molar-refractivity contribution in [3.05, 3.63) is 58.1 Å². The van der Waals surface area contributed by atoms with Gasteiger partial charge >= 0.3 is 0 Å². The molecule has 0 bridgehead atoms. The number of rotatable bonds is 6. The molecule has 1 aliphatic heterocycles. The lowest BCUT2D eigenvalue weighted by molar-refractivity contribution is -0.384. The first-order valence-electron chi connectivity index (χ1n) is 9.15. The quantitative estimate of drug-likeness (QED) is 0.544. The maximum Gasteiger partial charge on any atom is 0.270 e. The van der Waals surface area contributed by atoms with Crippen LogP contribution in [0.15, 0.2) is 47.4 Å². The van der Waals surface area contributed by atoms with Crippen molar-refractivity contribution in [2.45, 2.75) is 4.90 Å². The zero-order valence-electron chi connectivity index (χ0n) is 16.6. The lowest BCUT2D eigenvalue weighted by atomic mass is 10.1. The average Bonchev–Trinajstić information content (AvgIpc) is 2.74. The maximum atomic E-state index is 12.9. The highest BCUT2D eigenvalue weighted by atomic mass is 32.2. The number of hydrogen-bond donors (Lipinski definition) is 1. The Morgan fingerprint density at radius 3 is 2.33 bits per heavy atom. The average molecular weight is 434 g/mol. The summed E-state index contributed by atoms with van der Waals surface area (Å²) in [7, 11) is -0.721. The molecule has 0 radical (unpaired) electrons. The standard InChI is InChI=1S/C19H22N4O6S/c1-21(2)30(27,28)16-6-3-14(4-7-16)20-19(24)17-13-15(23(25)26)5-8-18(17)22-9-11-29-12-10-22/h3-8,13H,9-12H2,1-2H3,(H,20,24). The molecular formula is C19H22N4O6S. The Labute approximate surface area is 174 Å². The van der Waals surface area contributed by atoms with Crippen molar-refractivity contribution in [3.8, 4) is 0 Å². The molecule has 0 aliphatic carbocycles. The molecule has 0 atom stereocenters. The molecule has 1 N–H and O–H groups in total. The van der Waals surface area contributed by atoms with E-state index in [0.717, 1.165) is 4.31 Å². The third-order valence-electron chi connectivity index (χ3n) is 4.68. The van der Waals surface area contributed by atoms with Gasteiger partial charge in [-0.25, -0.2) is 12.7 Å². The number of morpholine rings is 1. The van der Waals surface area contributed by atoms with Crippen LogP contribution < -0.4 is 10.2 Å². The number of ether oxygens (including phenoxy) is 1. The summed E-state index contributed by atoms with van der Waals surface area (Å²) < 4.78 is 30.8. The van der Waals surface area contributed by atoms with Gasteiger partial charge in [0.05, 0.1) is 34.3 Å². The van der Waals surface area contributed by atoms with Crippen LogP contribution in [0.25, 0.3) is 0 Å². The Hall–Kier alpha value is -3.02. The summed E-state index contributed by atoms with van der Waals surface area (Å²) in [6.07, 6.45) is 0. The number of nitro groups is 1. The van der Waals surface area contributed by atoms with Crippen LogP contribution in [0.5, 0.6) is 0 Å². The molecule has 0 saturated carbocycles. The van der Waals surface area contributed by atoms with Crippen molar-refractivity contribution in [2.24, 2.45) is 0 Å². The van der Waals surface area contributed by atoms with Crippen molar-refractivity contribution in [2.75, 3.05) is 50.6 Å². The molecule has 1 aliphatic rings. The van der Waals surface area contributed by atoms with Gasteiger partial charge in [-0.2, -0.15) is 0 Å². The summed E-state index contributed by atoms with van der Waals surface area (Å²) >= 11 is 0. The van der Waals surface area contributed by atoms with Crippen LogP contribution in [-0.2, 0) is 14.8 Å². The Morgan fingerprint density at radius 2 is 1.77 bits per heavy atom. The second-order valence-electron chi connectivity index (χ2n) is 6.82. The largest absolute Gasteiger partial charge is 0.378 e. The van der Waals surface area contributed by atoms with Gasteiger partial charge in [0.15, 0.2) is 0 Å². The number of sulfonamides is 1.